The van der Waals surface area contributed by atoms with E-state index >= 15 is 0 Å². The van der Waals surface area contributed by atoms with Gasteiger partial charge < -0.3 is 0 Å². The summed E-state index contributed by atoms with van der Waals surface area (Å²) in [6.07, 6.45) is 4.24. The first-order chi connectivity index (χ1) is 17.4. The van der Waals surface area contributed by atoms with Gasteiger partial charge in [0.05, 0.1) is 10.6 Å². The summed E-state index contributed by atoms with van der Waals surface area (Å²) in [6.45, 7) is 4.29. The standard InChI is InChI=1S/C32H29NO2S/c1-24-17-19-30(20-18-24)36(34,35)33-23-29(27-14-7-4-8-15-27)21-28(26-12-5-3-6-13-26)22-32(33)31-16-10-9-11-25(31)2/h3-22,29H,23H2,1-2H3. The molecule has 3 nitrogen and oxygen atoms in total. The summed E-state index contributed by atoms with van der Waals surface area (Å²) in [4.78, 5) is 0.294. The van der Waals surface area contributed by atoms with Crippen LogP contribution in [-0.4, -0.2) is 19.3 Å². The van der Waals surface area contributed by atoms with Gasteiger partial charge in [0, 0.05) is 18.0 Å². The van der Waals surface area contributed by atoms with Crippen LogP contribution < -0.4 is 0 Å². The zero-order valence-corrected chi connectivity index (χ0v) is 21.3. The van der Waals surface area contributed by atoms with Gasteiger partial charge in [-0.05, 0) is 54.3 Å². The van der Waals surface area contributed by atoms with Crippen LogP contribution in [0.15, 0.2) is 126 Å². The second-order valence-corrected chi connectivity index (χ2v) is 11.1. The SMILES string of the molecule is Cc1ccc(S(=O)(=O)N2CC(c3ccccc3)C=C(c3ccccc3)C=C2c2ccccc2C)cc1. The van der Waals surface area contributed by atoms with Crippen LogP contribution in [0.2, 0.25) is 0 Å². The molecule has 1 unspecified atom stereocenters. The topological polar surface area (TPSA) is 37.4 Å². The number of nitrogens with zero attached hydrogens (tertiary/aromatic N) is 1. The van der Waals surface area contributed by atoms with E-state index in [4.69, 9.17) is 0 Å². The molecule has 1 aliphatic rings. The van der Waals surface area contributed by atoms with E-state index in [9.17, 15) is 8.42 Å². The summed E-state index contributed by atoms with van der Waals surface area (Å²) in [7, 11) is -3.83. The summed E-state index contributed by atoms with van der Waals surface area (Å²) < 4.78 is 30.1. The van der Waals surface area contributed by atoms with Crippen LogP contribution in [0.3, 0.4) is 0 Å². The van der Waals surface area contributed by atoms with Crippen molar-refractivity contribution >= 4 is 21.3 Å². The van der Waals surface area contributed by atoms with E-state index in [0.29, 0.717) is 17.1 Å². The van der Waals surface area contributed by atoms with Gasteiger partial charge in [0.1, 0.15) is 0 Å². The zero-order chi connectivity index (χ0) is 25.1. The molecular formula is C32H29NO2S. The maximum Gasteiger partial charge on any atom is 0.264 e. The minimum absolute atomic E-state index is 0.126. The zero-order valence-electron chi connectivity index (χ0n) is 20.5. The number of rotatable bonds is 5. The summed E-state index contributed by atoms with van der Waals surface area (Å²) in [5, 5.41) is 0. The molecule has 4 aromatic rings. The van der Waals surface area contributed by atoms with Crippen LogP contribution in [0.5, 0.6) is 0 Å². The van der Waals surface area contributed by atoms with Crippen LogP contribution in [0.25, 0.3) is 11.3 Å². The van der Waals surface area contributed by atoms with E-state index in [1.807, 2.05) is 92.7 Å². The maximum absolute atomic E-state index is 14.2. The Kier molecular flexibility index (Phi) is 6.62. The van der Waals surface area contributed by atoms with Crippen molar-refractivity contribution in [2.75, 3.05) is 6.54 Å². The van der Waals surface area contributed by atoms with Crippen molar-refractivity contribution in [2.24, 2.45) is 0 Å². The second-order valence-electron chi connectivity index (χ2n) is 9.20. The van der Waals surface area contributed by atoms with Gasteiger partial charge in [-0.1, -0.05) is 109 Å². The fourth-order valence-corrected chi connectivity index (χ4v) is 6.16. The van der Waals surface area contributed by atoms with Gasteiger partial charge in [0.15, 0.2) is 0 Å². The molecule has 0 bridgehead atoms. The molecule has 36 heavy (non-hydrogen) atoms. The Morgan fingerprint density at radius 1 is 0.722 bits per heavy atom. The minimum Gasteiger partial charge on any atom is -0.265 e. The Morgan fingerprint density at radius 2 is 1.33 bits per heavy atom. The van der Waals surface area contributed by atoms with E-state index in [0.717, 1.165) is 33.4 Å². The van der Waals surface area contributed by atoms with Crippen molar-refractivity contribution in [3.8, 4) is 0 Å². The van der Waals surface area contributed by atoms with Crippen LogP contribution in [-0.2, 0) is 10.0 Å². The number of hydrogen-bond acceptors (Lipinski definition) is 2. The number of sulfonamides is 1. The molecule has 0 radical (unpaired) electrons. The third-order valence-electron chi connectivity index (χ3n) is 6.67. The third kappa shape index (κ3) is 4.77. The molecule has 0 amide bonds. The van der Waals surface area contributed by atoms with Gasteiger partial charge >= 0.3 is 0 Å². The van der Waals surface area contributed by atoms with Crippen molar-refractivity contribution < 1.29 is 8.42 Å². The largest absolute Gasteiger partial charge is 0.265 e. The first kappa shape index (κ1) is 23.8. The van der Waals surface area contributed by atoms with Gasteiger partial charge in [-0.2, -0.15) is 0 Å². The molecule has 180 valence electrons. The van der Waals surface area contributed by atoms with Crippen LogP contribution in [0.4, 0.5) is 0 Å². The average molecular weight is 492 g/mol. The quantitative estimate of drug-likeness (QED) is 0.296. The Hall–Kier alpha value is -3.89. The van der Waals surface area contributed by atoms with E-state index in [1.54, 1.807) is 16.4 Å². The Bertz CT molecular complexity index is 1520. The number of allylic oxidation sites excluding steroid dienone is 2. The first-order valence-corrected chi connectivity index (χ1v) is 13.6. The fraction of sp³-hybridized carbons (Fsp3) is 0.125. The van der Waals surface area contributed by atoms with E-state index in [-0.39, 0.29) is 5.92 Å². The molecular weight excluding hydrogens is 462 g/mol. The lowest BCUT2D eigenvalue weighted by Gasteiger charge is -2.29. The van der Waals surface area contributed by atoms with Crippen molar-refractivity contribution in [2.45, 2.75) is 24.7 Å². The lowest BCUT2D eigenvalue weighted by molar-refractivity contribution is 0.499. The van der Waals surface area contributed by atoms with Gasteiger partial charge in [-0.15, -0.1) is 0 Å². The van der Waals surface area contributed by atoms with Crippen LogP contribution in [0, 0.1) is 13.8 Å². The summed E-state index contributed by atoms with van der Waals surface area (Å²) in [5.41, 5.74) is 6.77. The highest BCUT2D eigenvalue weighted by molar-refractivity contribution is 7.89. The minimum atomic E-state index is -3.83. The van der Waals surface area contributed by atoms with Gasteiger partial charge in [-0.3, -0.25) is 4.31 Å². The van der Waals surface area contributed by atoms with Crippen molar-refractivity contribution in [1.82, 2.24) is 4.31 Å². The molecule has 0 fully saturated rings. The van der Waals surface area contributed by atoms with Crippen molar-refractivity contribution in [3.63, 3.8) is 0 Å². The highest BCUT2D eigenvalue weighted by Gasteiger charge is 2.32. The lowest BCUT2D eigenvalue weighted by Crippen LogP contribution is -2.33. The smallest absolute Gasteiger partial charge is 0.264 e. The molecule has 0 saturated carbocycles. The predicted octanol–water partition coefficient (Wildman–Crippen LogP) is 7.22. The normalized spacial score (nSPS) is 16.2. The number of aryl methyl sites for hydroxylation is 2. The Morgan fingerprint density at radius 3 is 2.00 bits per heavy atom. The Labute approximate surface area is 214 Å². The molecule has 1 atom stereocenters. The summed E-state index contributed by atoms with van der Waals surface area (Å²) >= 11 is 0. The van der Waals surface area contributed by atoms with Gasteiger partial charge in [0.25, 0.3) is 10.0 Å². The third-order valence-corrected chi connectivity index (χ3v) is 8.46. The molecule has 0 spiro atoms. The number of benzene rings is 4. The highest BCUT2D eigenvalue weighted by atomic mass is 32.2. The molecule has 4 heteroatoms. The predicted molar refractivity (Wildman–Crippen MR) is 148 cm³/mol. The first-order valence-electron chi connectivity index (χ1n) is 12.1. The number of hydrogen-bond donors (Lipinski definition) is 0. The van der Waals surface area contributed by atoms with Crippen LogP contribution in [0.1, 0.15) is 33.7 Å². The highest BCUT2D eigenvalue weighted by Crippen LogP contribution is 2.38. The summed E-state index contributed by atoms with van der Waals surface area (Å²) in [5.74, 6) is -0.126. The molecule has 0 saturated heterocycles. The molecule has 1 heterocycles. The Balaban J connectivity index is 1.75. The monoisotopic (exact) mass is 491 g/mol. The molecule has 0 aliphatic carbocycles. The fourth-order valence-electron chi connectivity index (χ4n) is 4.66. The lowest BCUT2D eigenvalue weighted by atomic mass is 9.94. The van der Waals surface area contributed by atoms with Crippen molar-refractivity contribution in [1.29, 1.82) is 0 Å². The summed E-state index contributed by atoms with van der Waals surface area (Å²) in [6, 6.07) is 35.4. The van der Waals surface area contributed by atoms with Gasteiger partial charge in [0.2, 0.25) is 0 Å². The van der Waals surface area contributed by atoms with E-state index < -0.39 is 10.0 Å². The van der Waals surface area contributed by atoms with Crippen LogP contribution >= 0.6 is 0 Å². The maximum atomic E-state index is 14.2. The van der Waals surface area contributed by atoms with E-state index in [1.165, 1.54) is 0 Å². The molecule has 0 N–H and O–H groups in total. The second kappa shape index (κ2) is 10.00. The van der Waals surface area contributed by atoms with E-state index in [2.05, 4.69) is 30.3 Å². The average Bonchev–Trinajstić information content (AvgIpc) is 3.11. The molecule has 5 rings (SSSR count). The van der Waals surface area contributed by atoms with Gasteiger partial charge in [-0.25, -0.2) is 8.42 Å². The molecule has 4 aromatic carbocycles. The molecule has 0 aromatic heterocycles. The molecule has 1 aliphatic heterocycles. The van der Waals surface area contributed by atoms with Crippen molar-refractivity contribution in [3.05, 3.63) is 149 Å².